The molecule has 0 fully saturated rings. The summed E-state index contributed by atoms with van der Waals surface area (Å²) in [5.74, 6) is 0.510. The van der Waals surface area contributed by atoms with E-state index in [0.29, 0.717) is 12.3 Å². The first-order valence-corrected chi connectivity index (χ1v) is 4.30. The molecule has 0 bridgehead atoms. The number of carbonyl (C=O) groups excluding carboxylic acids is 1. The van der Waals surface area contributed by atoms with Crippen LogP contribution in [0.15, 0.2) is 11.6 Å². The van der Waals surface area contributed by atoms with Crippen LogP contribution in [0.3, 0.4) is 0 Å². The minimum absolute atomic E-state index is 0.510. The van der Waals surface area contributed by atoms with Crippen LogP contribution in [-0.2, 0) is 4.79 Å². The lowest BCUT2D eigenvalue weighted by Crippen LogP contribution is -1.95. The standard InChI is InChI=1S/C10H18O/c1-4-5-9(2)8-10(3)6-7-11/h5,7,10H,4,6,8H2,1-3H3/b9-5+. The van der Waals surface area contributed by atoms with Gasteiger partial charge in [0.05, 0.1) is 0 Å². The molecule has 0 aromatic carbocycles. The third-order valence-electron chi connectivity index (χ3n) is 1.72. The third-order valence-corrected chi connectivity index (χ3v) is 1.72. The predicted octanol–water partition coefficient (Wildman–Crippen LogP) is 2.96. The maximum atomic E-state index is 10.1. The molecule has 0 N–H and O–H groups in total. The molecule has 0 rings (SSSR count). The Labute approximate surface area is 69.5 Å². The van der Waals surface area contributed by atoms with E-state index in [1.807, 2.05) is 0 Å². The smallest absolute Gasteiger partial charge is 0.120 e. The highest BCUT2D eigenvalue weighted by atomic mass is 16.1. The van der Waals surface area contributed by atoms with Crippen molar-refractivity contribution >= 4 is 6.29 Å². The zero-order valence-corrected chi connectivity index (χ0v) is 7.76. The molecule has 1 heteroatoms. The molecule has 0 heterocycles. The normalized spacial score (nSPS) is 14.6. The molecule has 11 heavy (non-hydrogen) atoms. The van der Waals surface area contributed by atoms with Gasteiger partial charge < -0.3 is 4.79 Å². The minimum atomic E-state index is 0.510. The first-order valence-electron chi connectivity index (χ1n) is 4.30. The SMILES string of the molecule is CC/C=C(\C)CC(C)CC=O. The van der Waals surface area contributed by atoms with Crippen LogP contribution in [0.4, 0.5) is 0 Å². The van der Waals surface area contributed by atoms with Gasteiger partial charge in [-0.25, -0.2) is 0 Å². The van der Waals surface area contributed by atoms with Gasteiger partial charge in [0.1, 0.15) is 6.29 Å². The maximum absolute atomic E-state index is 10.1. The molecule has 1 atom stereocenters. The van der Waals surface area contributed by atoms with Crippen molar-refractivity contribution in [3.05, 3.63) is 11.6 Å². The molecule has 0 aromatic heterocycles. The molecule has 64 valence electrons. The maximum Gasteiger partial charge on any atom is 0.120 e. The van der Waals surface area contributed by atoms with Crippen LogP contribution in [0.25, 0.3) is 0 Å². The fraction of sp³-hybridized carbons (Fsp3) is 0.700. The second-order valence-corrected chi connectivity index (χ2v) is 3.17. The summed E-state index contributed by atoms with van der Waals surface area (Å²) in [5.41, 5.74) is 1.40. The summed E-state index contributed by atoms with van der Waals surface area (Å²) in [4.78, 5) is 10.1. The molecule has 0 aliphatic heterocycles. The van der Waals surface area contributed by atoms with E-state index in [4.69, 9.17) is 0 Å². The Bertz CT molecular complexity index is 136. The number of hydrogen-bond donors (Lipinski definition) is 0. The van der Waals surface area contributed by atoms with Crippen molar-refractivity contribution in [1.82, 2.24) is 0 Å². The van der Waals surface area contributed by atoms with Crippen molar-refractivity contribution in [2.45, 2.75) is 40.0 Å². The number of aldehydes is 1. The first-order chi connectivity index (χ1) is 5.20. The zero-order chi connectivity index (χ0) is 8.69. The molecule has 0 aromatic rings. The van der Waals surface area contributed by atoms with Gasteiger partial charge in [0, 0.05) is 6.42 Å². The lowest BCUT2D eigenvalue weighted by atomic mass is 9.99. The predicted molar refractivity (Wildman–Crippen MR) is 48.5 cm³/mol. The van der Waals surface area contributed by atoms with E-state index >= 15 is 0 Å². The van der Waals surface area contributed by atoms with Gasteiger partial charge in [-0.1, -0.05) is 25.5 Å². The summed E-state index contributed by atoms with van der Waals surface area (Å²) >= 11 is 0. The van der Waals surface area contributed by atoms with E-state index in [9.17, 15) is 4.79 Å². The van der Waals surface area contributed by atoms with Gasteiger partial charge in [0.2, 0.25) is 0 Å². The molecule has 1 nitrogen and oxygen atoms in total. The topological polar surface area (TPSA) is 17.1 Å². The lowest BCUT2D eigenvalue weighted by molar-refractivity contribution is -0.108. The Balaban J connectivity index is 3.64. The molecule has 0 aliphatic carbocycles. The molecule has 0 radical (unpaired) electrons. The van der Waals surface area contributed by atoms with E-state index in [1.165, 1.54) is 5.57 Å². The van der Waals surface area contributed by atoms with Crippen molar-refractivity contribution in [1.29, 1.82) is 0 Å². The van der Waals surface area contributed by atoms with Crippen LogP contribution >= 0.6 is 0 Å². The lowest BCUT2D eigenvalue weighted by Gasteiger charge is -2.06. The molecule has 0 aliphatic rings. The fourth-order valence-corrected chi connectivity index (χ4v) is 1.23. The van der Waals surface area contributed by atoms with Crippen LogP contribution in [0.5, 0.6) is 0 Å². The molecule has 0 spiro atoms. The van der Waals surface area contributed by atoms with Gasteiger partial charge in [0.25, 0.3) is 0 Å². The van der Waals surface area contributed by atoms with Gasteiger partial charge in [-0.2, -0.15) is 0 Å². The van der Waals surface area contributed by atoms with Gasteiger partial charge in [0.15, 0.2) is 0 Å². The second kappa shape index (κ2) is 6.14. The van der Waals surface area contributed by atoms with E-state index < -0.39 is 0 Å². The van der Waals surface area contributed by atoms with Crippen LogP contribution in [-0.4, -0.2) is 6.29 Å². The highest BCUT2D eigenvalue weighted by Crippen LogP contribution is 2.13. The average molecular weight is 154 g/mol. The zero-order valence-electron chi connectivity index (χ0n) is 7.76. The Morgan fingerprint density at radius 1 is 1.55 bits per heavy atom. The average Bonchev–Trinajstić information content (AvgIpc) is 1.87. The van der Waals surface area contributed by atoms with Crippen LogP contribution in [0.1, 0.15) is 40.0 Å². The Morgan fingerprint density at radius 3 is 2.64 bits per heavy atom. The number of rotatable bonds is 5. The Morgan fingerprint density at radius 2 is 2.18 bits per heavy atom. The summed E-state index contributed by atoms with van der Waals surface area (Å²) in [6, 6.07) is 0. The number of allylic oxidation sites excluding steroid dienone is 2. The van der Waals surface area contributed by atoms with Crippen molar-refractivity contribution in [2.24, 2.45) is 5.92 Å². The molecular formula is C10H18O. The summed E-state index contributed by atoms with van der Waals surface area (Å²) in [5, 5.41) is 0. The largest absolute Gasteiger partial charge is 0.303 e. The van der Waals surface area contributed by atoms with Gasteiger partial charge >= 0.3 is 0 Å². The van der Waals surface area contributed by atoms with Crippen molar-refractivity contribution < 1.29 is 4.79 Å². The van der Waals surface area contributed by atoms with Crippen LogP contribution in [0, 0.1) is 5.92 Å². The monoisotopic (exact) mass is 154 g/mol. The van der Waals surface area contributed by atoms with E-state index in [-0.39, 0.29) is 0 Å². The fourth-order valence-electron chi connectivity index (χ4n) is 1.23. The minimum Gasteiger partial charge on any atom is -0.303 e. The number of hydrogen-bond acceptors (Lipinski definition) is 1. The highest BCUT2D eigenvalue weighted by Gasteiger charge is 2.00. The quantitative estimate of drug-likeness (QED) is 0.439. The van der Waals surface area contributed by atoms with Gasteiger partial charge in [-0.05, 0) is 25.7 Å². The highest BCUT2D eigenvalue weighted by molar-refractivity contribution is 5.49. The second-order valence-electron chi connectivity index (χ2n) is 3.17. The van der Waals surface area contributed by atoms with Crippen LogP contribution < -0.4 is 0 Å². The molecule has 0 saturated heterocycles. The Hall–Kier alpha value is -0.590. The molecular weight excluding hydrogens is 136 g/mol. The first kappa shape index (κ1) is 10.4. The summed E-state index contributed by atoms with van der Waals surface area (Å²) in [6.45, 7) is 6.38. The van der Waals surface area contributed by atoms with Gasteiger partial charge in [-0.15, -0.1) is 0 Å². The number of carbonyl (C=O) groups is 1. The molecule has 0 amide bonds. The summed E-state index contributed by atoms with van der Waals surface area (Å²) in [6.07, 6.45) is 6.08. The van der Waals surface area contributed by atoms with Crippen molar-refractivity contribution in [3.63, 3.8) is 0 Å². The van der Waals surface area contributed by atoms with E-state index in [1.54, 1.807) is 0 Å². The van der Waals surface area contributed by atoms with Crippen molar-refractivity contribution in [2.75, 3.05) is 0 Å². The van der Waals surface area contributed by atoms with Crippen molar-refractivity contribution in [3.8, 4) is 0 Å². The summed E-state index contributed by atoms with van der Waals surface area (Å²) in [7, 11) is 0. The Kier molecular flexibility index (Phi) is 5.81. The third kappa shape index (κ3) is 5.84. The molecule has 1 unspecified atom stereocenters. The van der Waals surface area contributed by atoms with E-state index in [2.05, 4.69) is 26.8 Å². The van der Waals surface area contributed by atoms with E-state index in [0.717, 1.165) is 19.1 Å². The summed E-state index contributed by atoms with van der Waals surface area (Å²) < 4.78 is 0. The van der Waals surface area contributed by atoms with Gasteiger partial charge in [-0.3, -0.25) is 0 Å². The molecule has 0 saturated carbocycles. The van der Waals surface area contributed by atoms with Crippen LogP contribution in [0.2, 0.25) is 0 Å².